The van der Waals surface area contributed by atoms with Gasteiger partial charge in [-0.15, -0.1) is 0 Å². The molecular formula is C14H12N4O5. The number of rotatable bonds is 2. The Labute approximate surface area is 130 Å². The van der Waals surface area contributed by atoms with E-state index in [0.29, 0.717) is 0 Å². The van der Waals surface area contributed by atoms with E-state index >= 15 is 0 Å². The molecule has 0 aliphatic heterocycles. The van der Waals surface area contributed by atoms with Crippen LogP contribution >= 0.6 is 0 Å². The molecule has 0 unspecified atom stereocenters. The molecule has 1 heterocycles. The van der Waals surface area contributed by atoms with Crippen LogP contribution in [0.2, 0.25) is 0 Å². The Morgan fingerprint density at radius 3 is 1.83 bits per heavy atom. The molecule has 118 valence electrons. The third-order valence-electron chi connectivity index (χ3n) is 2.75. The summed E-state index contributed by atoms with van der Waals surface area (Å²) in [5.74, 6) is -2.39. The van der Waals surface area contributed by atoms with Crippen LogP contribution in [0.3, 0.4) is 0 Å². The Hall–Kier alpha value is -3.62. The van der Waals surface area contributed by atoms with Gasteiger partial charge in [0.25, 0.3) is 5.91 Å². The van der Waals surface area contributed by atoms with Crippen LogP contribution in [0.4, 0.5) is 9.59 Å². The number of carbonyl (C=O) groups is 4. The standard InChI is InChI=1S/C14H12N4O5/c15-13(21)17(11(19)9-5-2-1-3-6-9)18(14(16)22)12(20)10-7-4-8-23-10/h1-8H,(H2,15,21)(H2,16,22). The second kappa shape index (κ2) is 6.43. The molecule has 1 aromatic carbocycles. The highest BCUT2D eigenvalue weighted by Crippen LogP contribution is 2.13. The second-order valence-corrected chi connectivity index (χ2v) is 4.25. The minimum atomic E-state index is -1.37. The smallest absolute Gasteiger partial charge is 0.341 e. The first-order chi connectivity index (χ1) is 10.9. The molecule has 6 amide bonds. The molecule has 0 fully saturated rings. The van der Waals surface area contributed by atoms with Gasteiger partial charge >= 0.3 is 18.0 Å². The lowest BCUT2D eigenvalue weighted by Gasteiger charge is -2.27. The van der Waals surface area contributed by atoms with E-state index in [-0.39, 0.29) is 21.3 Å². The number of hydrogen-bond acceptors (Lipinski definition) is 5. The van der Waals surface area contributed by atoms with Crippen molar-refractivity contribution in [2.45, 2.75) is 0 Å². The third kappa shape index (κ3) is 3.18. The lowest BCUT2D eigenvalue weighted by Crippen LogP contribution is -2.58. The number of imide groups is 2. The van der Waals surface area contributed by atoms with Gasteiger partial charge in [0.2, 0.25) is 0 Å². The van der Waals surface area contributed by atoms with Gasteiger partial charge < -0.3 is 15.9 Å². The largest absolute Gasteiger partial charge is 0.459 e. The van der Waals surface area contributed by atoms with Crippen molar-refractivity contribution in [1.29, 1.82) is 0 Å². The monoisotopic (exact) mass is 316 g/mol. The fourth-order valence-corrected chi connectivity index (χ4v) is 1.79. The number of hydrogen-bond donors (Lipinski definition) is 2. The van der Waals surface area contributed by atoms with E-state index in [1.807, 2.05) is 0 Å². The zero-order valence-electron chi connectivity index (χ0n) is 11.7. The summed E-state index contributed by atoms with van der Waals surface area (Å²) >= 11 is 0. The van der Waals surface area contributed by atoms with Crippen LogP contribution in [0.25, 0.3) is 0 Å². The van der Waals surface area contributed by atoms with Gasteiger partial charge in [0, 0.05) is 5.56 Å². The van der Waals surface area contributed by atoms with Crippen molar-refractivity contribution in [3.05, 3.63) is 60.1 Å². The molecule has 0 atom stereocenters. The van der Waals surface area contributed by atoms with Crippen molar-refractivity contribution in [3.8, 4) is 0 Å². The van der Waals surface area contributed by atoms with Gasteiger partial charge in [0.15, 0.2) is 5.76 Å². The Bertz CT molecular complexity index is 742. The number of primary amides is 2. The van der Waals surface area contributed by atoms with Crippen molar-refractivity contribution < 1.29 is 23.6 Å². The Morgan fingerprint density at radius 2 is 1.35 bits per heavy atom. The van der Waals surface area contributed by atoms with Gasteiger partial charge in [-0.05, 0) is 24.3 Å². The van der Waals surface area contributed by atoms with Gasteiger partial charge in [0.05, 0.1) is 6.26 Å². The maximum absolute atomic E-state index is 12.4. The molecule has 23 heavy (non-hydrogen) atoms. The number of amides is 6. The van der Waals surface area contributed by atoms with Crippen LogP contribution in [-0.2, 0) is 0 Å². The molecule has 0 bridgehead atoms. The van der Waals surface area contributed by atoms with Crippen LogP contribution in [-0.4, -0.2) is 33.9 Å². The summed E-state index contributed by atoms with van der Waals surface area (Å²) in [7, 11) is 0. The van der Waals surface area contributed by atoms with E-state index < -0.39 is 23.9 Å². The number of urea groups is 2. The maximum atomic E-state index is 12.4. The molecule has 0 aliphatic rings. The van der Waals surface area contributed by atoms with E-state index in [1.165, 1.54) is 42.7 Å². The predicted molar refractivity (Wildman–Crippen MR) is 76.7 cm³/mol. The quantitative estimate of drug-likeness (QED) is 0.793. The summed E-state index contributed by atoms with van der Waals surface area (Å²) in [5.41, 5.74) is 10.3. The topological polar surface area (TPSA) is 140 Å². The molecule has 2 aromatic rings. The van der Waals surface area contributed by atoms with Gasteiger partial charge in [-0.25, -0.2) is 9.59 Å². The summed E-state index contributed by atoms with van der Waals surface area (Å²) in [6.45, 7) is 0. The van der Waals surface area contributed by atoms with E-state index in [9.17, 15) is 19.2 Å². The van der Waals surface area contributed by atoms with Gasteiger partial charge in [-0.1, -0.05) is 18.2 Å². The van der Waals surface area contributed by atoms with Gasteiger partial charge in [0.1, 0.15) is 0 Å². The Morgan fingerprint density at radius 1 is 0.783 bits per heavy atom. The summed E-state index contributed by atoms with van der Waals surface area (Å²) in [4.78, 5) is 47.9. The highest BCUT2D eigenvalue weighted by molar-refractivity contribution is 6.10. The van der Waals surface area contributed by atoms with E-state index in [4.69, 9.17) is 15.9 Å². The fourth-order valence-electron chi connectivity index (χ4n) is 1.79. The third-order valence-corrected chi connectivity index (χ3v) is 2.75. The first-order valence-corrected chi connectivity index (χ1v) is 6.29. The zero-order valence-corrected chi connectivity index (χ0v) is 11.7. The van der Waals surface area contributed by atoms with Crippen molar-refractivity contribution >= 4 is 23.9 Å². The normalized spacial score (nSPS) is 9.91. The highest BCUT2D eigenvalue weighted by Gasteiger charge is 2.36. The average molecular weight is 316 g/mol. The van der Waals surface area contributed by atoms with Gasteiger partial charge in [-0.2, -0.15) is 10.0 Å². The first-order valence-electron chi connectivity index (χ1n) is 6.29. The van der Waals surface area contributed by atoms with E-state index in [2.05, 4.69) is 0 Å². The minimum Gasteiger partial charge on any atom is -0.459 e. The molecule has 2 rings (SSSR count). The molecule has 0 radical (unpaired) electrons. The van der Waals surface area contributed by atoms with E-state index in [0.717, 1.165) is 0 Å². The molecule has 0 aliphatic carbocycles. The number of furan rings is 1. The van der Waals surface area contributed by atoms with Crippen LogP contribution in [0.1, 0.15) is 20.9 Å². The predicted octanol–water partition coefficient (Wildman–Crippen LogP) is 0.937. The summed E-state index contributed by atoms with van der Waals surface area (Å²) in [6.07, 6.45) is 1.18. The van der Waals surface area contributed by atoms with Gasteiger partial charge in [-0.3, -0.25) is 9.59 Å². The minimum absolute atomic E-state index is 0.0322. The SMILES string of the molecule is NC(=O)N(C(=O)c1ccccc1)N(C(N)=O)C(=O)c1ccco1. The van der Waals surface area contributed by atoms with Crippen LogP contribution < -0.4 is 11.5 Å². The van der Waals surface area contributed by atoms with Crippen molar-refractivity contribution in [2.24, 2.45) is 11.5 Å². The van der Waals surface area contributed by atoms with Crippen LogP contribution in [0, 0.1) is 0 Å². The first kappa shape index (κ1) is 15.8. The maximum Gasteiger partial charge on any atom is 0.341 e. The molecule has 1 aromatic heterocycles. The molecule has 4 N–H and O–H groups in total. The number of benzene rings is 1. The Kier molecular flexibility index (Phi) is 4.41. The van der Waals surface area contributed by atoms with Crippen molar-refractivity contribution in [1.82, 2.24) is 10.0 Å². The highest BCUT2D eigenvalue weighted by atomic mass is 16.3. The fraction of sp³-hybridized carbons (Fsp3) is 0. The molecule has 0 spiro atoms. The molecule has 0 saturated carbocycles. The van der Waals surface area contributed by atoms with Crippen LogP contribution in [0.5, 0.6) is 0 Å². The lowest BCUT2D eigenvalue weighted by molar-refractivity contribution is 0.0281. The number of nitrogens with zero attached hydrogens (tertiary/aromatic N) is 2. The number of hydrazine groups is 1. The number of carbonyl (C=O) groups excluding carboxylic acids is 4. The number of nitrogens with two attached hydrogens (primary N) is 2. The van der Waals surface area contributed by atoms with E-state index in [1.54, 1.807) is 6.07 Å². The lowest BCUT2D eigenvalue weighted by atomic mass is 10.2. The summed E-state index contributed by atoms with van der Waals surface area (Å²) in [5, 5.41) is 0.277. The molecule has 0 saturated heterocycles. The molecular weight excluding hydrogens is 304 g/mol. The summed E-state index contributed by atoms with van der Waals surface area (Å²) in [6, 6.07) is 7.40. The van der Waals surface area contributed by atoms with Crippen molar-refractivity contribution in [2.75, 3.05) is 0 Å². The van der Waals surface area contributed by atoms with Crippen LogP contribution in [0.15, 0.2) is 53.1 Å². The second-order valence-electron chi connectivity index (χ2n) is 4.25. The molecule has 9 heteroatoms. The average Bonchev–Trinajstić information content (AvgIpc) is 3.05. The zero-order chi connectivity index (χ0) is 17.0. The molecule has 9 nitrogen and oxygen atoms in total. The van der Waals surface area contributed by atoms with Crippen molar-refractivity contribution in [3.63, 3.8) is 0 Å². The summed E-state index contributed by atoms with van der Waals surface area (Å²) < 4.78 is 4.85. The Balaban J connectivity index is 2.44.